The van der Waals surface area contributed by atoms with Crippen LogP contribution in [0.3, 0.4) is 0 Å². The Morgan fingerprint density at radius 1 is 1.26 bits per heavy atom. The normalized spacial score (nSPS) is 19.5. The van der Waals surface area contributed by atoms with Crippen LogP contribution in [-0.2, 0) is 4.74 Å². The summed E-state index contributed by atoms with van der Waals surface area (Å²) in [4.78, 5) is 0. The highest BCUT2D eigenvalue weighted by atomic mass is 19.1. The highest BCUT2D eigenvalue weighted by Gasteiger charge is 2.22. The van der Waals surface area contributed by atoms with E-state index in [2.05, 4.69) is 6.92 Å². The molecule has 1 aliphatic rings. The third-order valence-corrected chi connectivity index (χ3v) is 4.05. The van der Waals surface area contributed by atoms with Crippen molar-refractivity contribution in [3.8, 4) is 0 Å². The molecule has 2 unspecified atom stereocenters. The van der Waals surface area contributed by atoms with E-state index in [0.29, 0.717) is 5.92 Å². The molecule has 2 nitrogen and oxygen atoms in total. The molecule has 0 bridgehead atoms. The molecule has 0 aliphatic heterocycles. The van der Waals surface area contributed by atoms with Gasteiger partial charge in [0.25, 0.3) is 0 Å². The van der Waals surface area contributed by atoms with Gasteiger partial charge in [-0.15, -0.1) is 0 Å². The smallest absolute Gasteiger partial charge is 0.123 e. The molecular formula is C16H24FNO. The average Bonchev–Trinajstić information content (AvgIpc) is 2.93. The van der Waals surface area contributed by atoms with Crippen molar-refractivity contribution in [1.82, 2.24) is 0 Å². The maximum absolute atomic E-state index is 13.0. The first-order valence-corrected chi connectivity index (χ1v) is 7.33. The molecule has 1 aliphatic carbocycles. The molecule has 0 spiro atoms. The Labute approximate surface area is 115 Å². The molecular weight excluding hydrogens is 241 g/mol. The molecule has 0 heterocycles. The van der Waals surface area contributed by atoms with Crippen molar-refractivity contribution in [3.05, 3.63) is 35.6 Å². The summed E-state index contributed by atoms with van der Waals surface area (Å²) in [6.07, 6.45) is 5.89. The summed E-state index contributed by atoms with van der Waals surface area (Å²) in [6.45, 7) is 2.83. The van der Waals surface area contributed by atoms with Crippen molar-refractivity contribution in [2.75, 3.05) is 6.61 Å². The van der Waals surface area contributed by atoms with E-state index >= 15 is 0 Å². The van der Waals surface area contributed by atoms with Crippen molar-refractivity contribution in [1.29, 1.82) is 0 Å². The van der Waals surface area contributed by atoms with Gasteiger partial charge < -0.3 is 10.5 Å². The minimum atomic E-state index is -0.219. The first-order valence-electron chi connectivity index (χ1n) is 7.33. The van der Waals surface area contributed by atoms with E-state index in [0.717, 1.165) is 18.6 Å². The average molecular weight is 265 g/mol. The van der Waals surface area contributed by atoms with Gasteiger partial charge in [-0.25, -0.2) is 4.39 Å². The standard InChI is InChI=1S/C16H24FNO/c1-2-15(18)16(13-7-9-14(17)10-8-13)19-11-12-5-3-4-6-12/h7-10,12,15-16H,2-6,11,18H2,1H3. The lowest BCUT2D eigenvalue weighted by Gasteiger charge is -2.25. The van der Waals surface area contributed by atoms with Crippen LogP contribution in [0.25, 0.3) is 0 Å². The van der Waals surface area contributed by atoms with Gasteiger partial charge in [0.1, 0.15) is 5.82 Å². The van der Waals surface area contributed by atoms with E-state index in [1.54, 1.807) is 12.1 Å². The Bertz CT molecular complexity index is 373. The minimum absolute atomic E-state index is 0.0353. The Kier molecular flexibility index (Phi) is 5.34. The fourth-order valence-corrected chi connectivity index (χ4v) is 2.75. The van der Waals surface area contributed by atoms with Crippen molar-refractivity contribution >= 4 is 0 Å². The highest BCUT2D eigenvalue weighted by Crippen LogP contribution is 2.29. The summed E-state index contributed by atoms with van der Waals surface area (Å²) in [6, 6.07) is 6.48. The zero-order valence-electron chi connectivity index (χ0n) is 11.6. The maximum atomic E-state index is 13.0. The fraction of sp³-hybridized carbons (Fsp3) is 0.625. The first-order chi connectivity index (χ1) is 9.20. The molecule has 1 aromatic rings. The Morgan fingerprint density at radius 2 is 1.89 bits per heavy atom. The summed E-state index contributed by atoms with van der Waals surface area (Å²) < 4.78 is 19.0. The second kappa shape index (κ2) is 7.01. The van der Waals surface area contributed by atoms with E-state index in [4.69, 9.17) is 10.5 Å². The van der Waals surface area contributed by atoms with Crippen LogP contribution in [0.1, 0.15) is 50.7 Å². The van der Waals surface area contributed by atoms with Gasteiger partial charge in [0, 0.05) is 6.04 Å². The van der Waals surface area contributed by atoms with Crippen LogP contribution in [0.2, 0.25) is 0 Å². The Hall–Kier alpha value is -0.930. The van der Waals surface area contributed by atoms with E-state index in [-0.39, 0.29) is 18.0 Å². The minimum Gasteiger partial charge on any atom is -0.372 e. The third kappa shape index (κ3) is 4.02. The monoisotopic (exact) mass is 265 g/mol. The Morgan fingerprint density at radius 3 is 2.47 bits per heavy atom. The van der Waals surface area contributed by atoms with E-state index < -0.39 is 0 Å². The van der Waals surface area contributed by atoms with Crippen LogP contribution < -0.4 is 5.73 Å². The second-order valence-electron chi connectivity index (χ2n) is 5.53. The zero-order valence-corrected chi connectivity index (χ0v) is 11.6. The summed E-state index contributed by atoms with van der Waals surface area (Å²) in [5.74, 6) is 0.454. The number of hydrogen-bond acceptors (Lipinski definition) is 2. The van der Waals surface area contributed by atoms with Gasteiger partial charge in [-0.05, 0) is 42.9 Å². The number of hydrogen-bond donors (Lipinski definition) is 1. The van der Waals surface area contributed by atoms with Gasteiger partial charge in [-0.1, -0.05) is 31.9 Å². The van der Waals surface area contributed by atoms with Crippen LogP contribution in [0.15, 0.2) is 24.3 Å². The molecule has 0 radical (unpaired) electrons. The molecule has 2 N–H and O–H groups in total. The van der Waals surface area contributed by atoms with Gasteiger partial charge in [0.15, 0.2) is 0 Å². The third-order valence-electron chi connectivity index (χ3n) is 4.05. The van der Waals surface area contributed by atoms with Crippen molar-refractivity contribution in [3.63, 3.8) is 0 Å². The lowest BCUT2D eigenvalue weighted by molar-refractivity contribution is 0.0127. The molecule has 2 rings (SSSR count). The van der Waals surface area contributed by atoms with Gasteiger partial charge in [0.2, 0.25) is 0 Å². The van der Waals surface area contributed by atoms with Crippen LogP contribution >= 0.6 is 0 Å². The van der Waals surface area contributed by atoms with Crippen molar-refractivity contribution in [2.45, 2.75) is 51.2 Å². The number of benzene rings is 1. The molecule has 2 atom stereocenters. The largest absolute Gasteiger partial charge is 0.372 e. The van der Waals surface area contributed by atoms with Gasteiger partial charge in [0.05, 0.1) is 12.7 Å². The summed E-state index contributed by atoms with van der Waals surface area (Å²) in [5.41, 5.74) is 7.13. The van der Waals surface area contributed by atoms with Crippen LogP contribution in [0.4, 0.5) is 4.39 Å². The van der Waals surface area contributed by atoms with E-state index in [1.165, 1.54) is 37.8 Å². The van der Waals surface area contributed by atoms with Crippen LogP contribution in [-0.4, -0.2) is 12.6 Å². The zero-order chi connectivity index (χ0) is 13.7. The highest BCUT2D eigenvalue weighted by molar-refractivity contribution is 5.20. The maximum Gasteiger partial charge on any atom is 0.123 e. The lowest BCUT2D eigenvalue weighted by Crippen LogP contribution is -2.30. The summed E-state index contributed by atoms with van der Waals surface area (Å²) in [7, 11) is 0. The van der Waals surface area contributed by atoms with Gasteiger partial charge in [-0.2, -0.15) is 0 Å². The number of halogens is 1. The second-order valence-corrected chi connectivity index (χ2v) is 5.53. The van der Waals surface area contributed by atoms with Crippen LogP contribution in [0, 0.1) is 11.7 Å². The molecule has 1 fully saturated rings. The number of rotatable bonds is 6. The number of ether oxygens (including phenoxy) is 1. The summed E-state index contributed by atoms with van der Waals surface area (Å²) >= 11 is 0. The van der Waals surface area contributed by atoms with Gasteiger partial charge >= 0.3 is 0 Å². The van der Waals surface area contributed by atoms with Gasteiger partial charge in [-0.3, -0.25) is 0 Å². The first kappa shape index (κ1) is 14.5. The van der Waals surface area contributed by atoms with E-state index in [1.807, 2.05) is 0 Å². The molecule has 0 amide bonds. The van der Waals surface area contributed by atoms with Crippen LogP contribution in [0.5, 0.6) is 0 Å². The molecule has 0 aromatic heterocycles. The Balaban J connectivity index is 2.00. The molecule has 106 valence electrons. The number of nitrogens with two attached hydrogens (primary N) is 1. The quantitative estimate of drug-likeness (QED) is 0.849. The SMILES string of the molecule is CCC(N)C(OCC1CCCC1)c1ccc(F)cc1. The fourth-order valence-electron chi connectivity index (χ4n) is 2.75. The predicted octanol–water partition coefficient (Wildman–Crippen LogP) is 3.81. The molecule has 1 aromatic carbocycles. The lowest BCUT2D eigenvalue weighted by atomic mass is 10.0. The molecule has 0 saturated heterocycles. The molecule has 3 heteroatoms. The molecule has 19 heavy (non-hydrogen) atoms. The van der Waals surface area contributed by atoms with E-state index in [9.17, 15) is 4.39 Å². The molecule has 1 saturated carbocycles. The summed E-state index contributed by atoms with van der Waals surface area (Å²) in [5, 5.41) is 0. The predicted molar refractivity (Wildman–Crippen MR) is 75.3 cm³/mol. The van der Waals surface area contributed by atoms with Crippen molar-refractivity contribution < 1.29 is 9.13 Å². The van der Waals surface area contributed by atoms with Crippen molar-refractivity contribution in [2.24, 2.45) is 11.7 Å². The topological polar surface area (TPSA) is 35.2 Å².